The van der Waals surface area contributed by atoms with E-state index in [9.17, 15) is 10.1 Å². The largest absolute Gasteiger partial charge is 0.360 e. The van der Waals surface area contributed by atoms with E-state index < -0.39 is 5.54 Å². The van der Waals surface area contributed by atoms with Gasteiger partial charge in [-0.05, 0) is 43.9 Å². The molecule has 0 atom stereocenters. The maximum Gasteiger partial charge on any atom is 0.278 e. The molecule has 1 N–H and O–H groups in total. The average Bonchev–Trinajstić information content (AvgIpc) is 2.70. The van der Waals surface area contributed by atoms with Gasteiger partial charge in [-0.2, -0.15) is 5.26 Å². The second-order valence-electron chi connectivity index (χ2n) is 8.29. The van der Waals surface area contributed by atoms with Crippen LogP contribution in [-0.4, -0.2) is 56.1 Å². The Balaban J connectivity index is 1.56. The molecule has 1 amide bonds. The molecule has 1 aliphatic heterocycles. The molecule has 1 saturated carbocycles. The molecule has 5 heteroatoms. The van der Waals surface area contributed by atoms with Crippen LogP contribution in [0.2, 0.25) is 0 Å². The quantitative estimate of drug-likeness (QED) is 0.879. The number of nitriles is 1. The van der Waals surface area contributed by atoms with E-state index in [2.05, 4.69) is 43.0 Å². The van der Waals surface area contributed by atoms with Crippen LogP contribution in [-0.2, 0) is 4.79 Å². The lowest BCUT2D eigenvalue weighted by molar-refractivity contribution is -0.892. The lowest BCUT2D eigenvalue weighted by Crippen LogP contribution is -3.16. The molecular formula is C22H33N4O+. The van der Waals surface area contributed by atoms with Gasteiger partial charge in [0.25, 0.3) is 5.91 Å². The summed E-state index contributed by atoms with van der Waals surface area (Å²) in [7, 11) is 1.84. The molecule has 1 saturated heterocycles. The van der Waals surface area contributed by atoms with Crippen molar-refractivity contribution in [2.24, 2.45) is 0 Å². The molecule has 1 aliphatic carbocycles. The summed E-state index contributed by atoms with van der Waals surface area (Å²) < 4.78 is 0. The van der Waals surface area contributed by atoms with E-state index in [0.29, 0.717) is 6.54 Å². The summed E-state index contributed by atoms with van der Waals surface area (Å²) >= 11 is 0. The first-order valence-corrected chi connectivity index (χ1v) is 10.3. The highest BCUT2D eigenvalue weighted by Gasteiger charge is 2.40. The Labute approximate surface area is 163 Å². The van der Waals surface area contributed by atoms with E-state index in [1.807, 2.05) is 7.05 Å². The van der Waals surface area contributed by atoms with E-state index in [-0.39, 0.29) is 5.91 Å². The number of likely N-dealkylation sites (N-methyl/N-ethyl adjacent to an activating group) is 1. The summed E-state index contributed by atoms with van der Waals surface area (Å²) in [6.45, 7) is 8.72. The average molecular weight is 370 g/mol. The van der Waals surface area contributed by atoms with Crippen molar-refractivity contribution in [3.05, 3.63) is 29.3 Å². The molecule has 1 aromatic rings. The number of anilines is 1. The monoisotopic (exact) mass is 369 g/mol. The van der Waals surface area contributed by atoms with Crippen LogP contribution >= 0.6 is 0 Å². The van der Waals surface area contributed by atoms with Crippen molar-refractivity contribution in [3.8, 4) is 6.07 Å². The molecule has 1 aromatic carbocycles. The molecule has 5 nitrogen and oxygen atoms in total. The highest BCUT2D eigenvalue weighted by Crippen LogP contribution is 2.32. The van der Waals surface area contributed by atoms with Crippen molar-refractivity contribution in [2.75, 3.05) is 44.7 Å². The SMILES string of the molecule is Cc1cccc(N2CC[NH+](CC(=O)N(C)C3(C#N)CCCCC3)CC2)c1C. The fourth-order valence-electron chi connectivity index (χ4n) is 4.55. The third-order valence-electron chi connectivity index (χ3n) is 6.69. The standard InChI is InChI=1S/C22H32N4O/c1-18-8-7-9-20(19(18)2)26-14-12-25(13-15-26)16-21(27)24(3)22(17-23)10-5-4-6-11-22/h7-9H,4-6,10-16H2,1-3H3/p+1. The molecule has 0 unspecified atom stereocenters. The van der Waals surface area contributed by atoms with Gasteiger partial charge in [0.05, 0.1) is 32.2 Å². The van der Waals surface area contributed by atoms with Crippen LogP contribution in [0.1, 0.15) is 43.2 Å². The van der Waals surface area contributed by atoms with Gasteiger partial charge in [0.2, 0.25) is 0 Å². The van der Waals surface area contributed by atoms with E-state index >= 15 is 0 Å². The van der Waals surface area contributed by atoms with Gasteiger partial charge in [0.15, 0.2) is 6.54 Å². The summed E-state index contributed by atoms with van der Waals surface area (Å²) in [5.41, 5.74) is 3.43. The molecule has 0 spiro atoms. The van der Waals surface area contributed by atoms with Crippen molar-refractivity contribution in [1.82, 2.24) is 4.90 Å². The predicted molar refractivity (Wildman–Crippen MR) is 108 cm³/mol. The zero-order valence-corrected chi connectivity index (χ0v) is 17.1. The molecule has 2 aliphatic rings. The molecule has 2 fully saturated rings. The minimum Gasteiger partial charge on any atom is -0.360 e. The molecule has 146 valence electrons. The Morgan fingerprint density at radius 3 is 2.52 bits per heavy atom. The molecule has 3 rings (SSSR count). The fraction of sp³-hybridized carbons (Fsp3) is 0.636. The van der Waals surface area contributed by atoms with Crippen molar-refractivity contribution < 1.29 is 9.69 Å². The number of nitrogens with zero attached hydrogens (tertiary/aromatic N) is 3. The Bertz CT molecular complexity index is 710. The number of hydrogen-bond donors (Lipinski definition) is 1. The van der Waals surface area contributed by atoms with Crippen LogP contribution in [0.3, 0.4) is 0 Å². The number of nitrogens with one attached hydrogen (secondary N) is 1. The number of rotatable bonds is 4. The lowest BCUT2D eigenvalue weighted by atomic mass is 9.81. The third kappa shape index (κ3) is 4.11. The van der Waals surface area contributed by atoms with Gasteiger partial charge in [-0.1, -0.05) is 31.4 Å². The number of benzene rings is 1. The topological polar surface area (TPSA) is 51.8 Å². The van der Waals surface area contributed by atoms with Gasteiger partial charge in [0, 0.05) is 12.7 Å². The highest BCUT2D eigenvalue weighted by atomic mass is 16.2. The Hall–Kier alpha value is -2.06. The number of hydrogen-bond acceptors (Lipinski definition) is 3. The normalized spacial score (nSPS) is 20.1. The number of amides is 1. The number of carbonyl (C=O) groups excluding carboxylic acids is 1. The molecule has 0 bridgehead atoms. The number of piperazine rings is 1. The summed E-state index contributed by atoms with van der Waals surface area (Å²) in [6, 6.07) is 8.95. The molecule has 0 aromatic heterocycles. The van der Waals surface area contributed by atoms with Gasteiger partial charge in [0.1, 0.15) is 5.54 Å². The zero-order valence-electron chi connectivity index (χ0n) is 17.1. The van der Waals surface area contributed by atoms with Crippen molar-refractivity contribution in [2.45, 2.75) is 51.5 Å². The van der Waals surface area contributed by atoms with Gasteiger partial charge in [-0.25, -0.2) is 0 Å². The van der Waals surface area contributed by atoms with Crippen molar-refractivity contribution in [3.63, 3.8) is 0 Å². The Morgan fingerprint density at radius 2 is 1.89 bits per heavy atom. The predicted octanol–water partition coefficient (Wildman–Crippen LogP) is 1.69. The molecule has 0 radical (unpaired) electrons. The molecule has 27 heavy (non-hydrogen) atoms. The number of quaternary nitrogens is 1. The van der Waals surface area contributed by atoms with Gasteiger partial charge in [-0.15, -0.1) is 0 Å². The number of aryl methyl sites for hydroxylation is 1. The van der Waals surface area contributed by atoms with Crippen LogP contribution < -0.4 is 9.80 Å². The van der Waals surface area contributed by atoms with Crippen LogP contribution in [0.15, 0.2) is 18.2 Å². The van der Waals surface area contributed by atoms with E-state index in [1.165, 1.54) is 28.1 Å². The third-order valence-corrected chi connectivity index (χ3v) is 6.69. The van der Waals surface area contributed by atoms with Crippen LogP contribution in [0, 0.1) is 25.2 Å². The smallest absolute Gasteiger partial charge is 0.278 e. The first-order valence-electron chi connectivity index (χ1n) is 10.3. The lowest BCUT2D eigenvalue weighted by Gasteiger charge is -2.40. The first-order chi connectivity index (χ1) is 13.0. The molecular weight excluding hydrogens is 336 g/mol. The van der Waals surface area contributed by atoms with Crippen LogP contribution in [0.4, 0.5) is 5.69 Å². The maximum absolute atomic E-state index is 12.9. The zero-order chi connectivity index (χ0) is 19.4. The minimum absolute atomic E-state index is 0.119. The van der Waals surface area contributed by atoms with Crippen LogP contribution in [0.25, 0.3) is 0 Å². The second kappa shape index (κ2) is 8.31. The van der Waals surface area contributed by atoms with Gasteiger partial charge < -0.3 is 14.7 Å². The van der Waals surface area contributed by atoms with Gasteiger partial charge in [-0.3, -0.25) is 4.79 Å². The summed E-state index contributed by atoms with van der Waals surface area (Å²) in [5, 5.41) is 9.72. The first kappa shape index (κ1) is 19.7. The maximum atomic E-state index is 12.9. The van der Waals surface area contributed by atoms with E-state index in [0.717, 1.165) is 51.9 Å². The summed E-state index contributed by atoms with van der Waals surface area (Å²) in [5.74, 6) is 0.119. The number of carbonyl (C=O) groups is 1. The fourth-order valence-corrected chi connectivity index (χ4v) is 4.55. The van der Waals surface area contributed by atoms with Gasteiger partial charge >= 0.3 is 0 Å². The minimum atomic E-state index is -0.574. The highest BCUT2D eigenvalue weighted by molar-refractivity contribution is 5.78. The summed E-state index contributed by atoms with van der Waals surface area (Å²) in [6.07, 6.45) is 4.92. The Kier molecular flexibility index (Phi) is 6.06. The van der Waals surface area contributed by atoms with Crippen LogP contribution in [0.5, 0.6) is 0 Å². The molecule has 1 heterocycles. The van der Waals surface area contributed by atoms with Crippen molar-refractivity contribution >= 4 is 11.6 Å². The second-order valence-corrected chi connectivity index (χ2v) is 8.29. The van der Waals surface area contributed by atoms with E-state index in [1.54, 1.807) is 4.90 Å². The van der Waals surface area contributed by atoms with E-state index in [4.69, 9.17) is 0 Å². The summed E-state index contributed by atoms with van der Waals surface area (Å²) in [4.78, 5) is 18.4. The Morgan fingerprint density at radius 1 is 1.22 bits per heavy atom. The van der Waals surface area contributed by atoms with Crippen molar-refractivity contribution in [1.29, 1.82) is 5.26 Å².